The van der Waals surface area contributed by atoms with Crippen molar-refractivity contribution in [2.45, 2.75) is 44.4 Å². The predicted molar refractivity (Wildman–Crippen MR) is 70.8 cm³/mol. The maximum absolute atomic E-state index is 4.44. The molecule has 1 aliphatic rings. The third kappa shape index (κ3) is 2.77. The standard InChI is InChI=1S/C12H18N4S/c1-2-3-4-7-12(11-13-15-16-14-11)8-5-6-10(17)9-12/h5-6,9,17H,2-4,7-8H2,1H3,(H,13,14,15,16). The number of thiol groups is 1. The van der Waals surface area contributed by atoms with Crippen LogP contribution >= 0.6 is 12.6 Å². The summed E-state index contributed by atoms with van der Waals surface area (Å²) in [5, 5.41) is 14.4. The van der Waals surface area contributed by atoms with Crippen LogP contribution in [0.4, 0.5) is 0 Å². The first kappa shape index (κ1) is 12.4. The zero-order valence-electron chi connectivity index (χ0n) is 10.1. The van der Waals surface area contributed by atoms with Crippen LogP contribution in [0.1, 0.15) is 44.9 Å². The molecule has 1 aliphatic carbocycles. The van der Waals surface area contributed by atoms with E-state index in [0.29, 0.717) is 0 Å². The first-order valence-corrected chi connectivity index (χ1v) is 6.54. The summed E-state index contributed by atoms with van der Waals surface area (Å²) in [7, 11) is 0. The van der Waals surface area contributed by atoms with Crippen molar-refractivity contribution in [3.05, 3.63) is 29.0 Å². The van der Waals surface area contributed by atoms with Gasteiger partial charge in [0, 0.05) is 4.91 Å². The van der Waals surface area contributed by atoms with Crippen molar-refractivity contribution < 1.29 is 0 Å². The Kier molecular flexibility index (Phi) is 3.99. The molecule has 1 unspecified atom stereocenters. The molecule has 0 aliphatic heterocycles. The molecule has 1 atom stereocenters. The van der Waals surface area contributed by atoms with E-state index in [-0.39, 0.29) is 5.41 Å². The Bertz CT molecular complexity index is 410. The monoisotopic (exact) mass is 250 g/mol. The number of allylic oxidation sites excluding steroid dienone is 3. The average molecular weight is 250 g/mol. The molecule has 17 heavy (non-hydrogen) atoms. The summed E-state index contributed by atoms with van der Waals surface area (Å²) < 4.78 is 0. The average Bonchev–Trinajstić information content (AvgIpc) is 2.83. The second-order valence-electron chi connectivity index (χ2n) is 4.54. The molecule has 4 nitrogen and oxygen atoms in total. The lowest BCUT2D eigenvalue weighted by atomic mass is 9.76. The van der Waals surface area contributed by atoms with Crippen molar-refractivity contribution >= 4 is 12.6 Å². The van der Waals surface area contributed by atoms with Gasteiger partial charge in [-0.1, -0.05) is 44.4 Å². The SMILES string of the molecule is CCCCCC1(c2nnn[nH]2)C=C(S)C=CC1. The summed E-state index contributed by atoms with van der Waals surface area (Å²) in [6.45, 7) is 2.21. The van der Waals surface area contributed by atoms with Gasteiger partial charge in [0.1, 0.15) is 0 Å². The van der Waals surface area contributed by atoms with Crippen LogP contribution < -0.4 is 0 Å². The summed E-state index contributed by atoms with van der Waals surface area (Å²) in [5.41, 5.74) is -0.0928. The topological polar surface area (TPSA) is 54.5 Å². The summed E-state index contributed by atoms with van der Waals surface area (Å²) in [6.07, 6.45) is 12.0. The first-order chi connectivity index (χ1) is 8.27. The Hall–Kier alpha value is -1.10. The quantitative estimate of drug-likeness (QED) is 0.624. The van der Waals surface area contributed by atoms with Crippen LogP contribution in [0, 0.1) is 0 Å². The molecule has 0 bridgehead atoms. The largest absolute Gasteiger partial charge is 0.242 e. The molecule has 1 heterocycles. The number of hydrogen-bond donors (Lipinski definition) is 2. The van der Waals surface area contributed by atoms with E-state index < -0.39 is 0 Å². The van der Waals surface area contributed by atoms with Gasteiger partial charge in [-0.05, 0) is 23.3 Å². The molecule has 0 saturated carbocycles. The highest BCUT2D eigenvalue weighted by atomic mass is 32.1. The Labute approximate surface area is 107 Å². The number of rotatable bonds is 5. The maximum Gasteiger partial charge on any atom is 0.158 e. The number of unbranched alkanes of at least 4 members (excludes halogenated alkanes) is 2. The highest BCUT2D eigenvalue weighted by Gasteiger charge is 2.33. The maximum atomic E-state index is 4.44. The number of aromatic nitrogens is 4. The van der Waals surface area contributed by atoms with Gasteiger partial charge in [0.2, 0.25) is 0 Å². The van der Waals surface area contributed by atoms with Gasteiger partial charge in [-0.3, -0.25) is 0 Å². The minimum atomic E-state index is -0.0928. The van der Waals surface area contributed by atoms with Crippen LogP contribution in [0.5, 0.6) is 0 Å². The predicted octanol–water partition coefficient (Wildman–Crippen LogP) is 2.79. The molecule has 0 saturated heterocycles. The molecule has 5 heteroatoms. The lowest BCUT2D eigenvalue weighted by Crippen LogP contribution is -2.26. The Morgan fingerprint density at radius 2 is 2.35 bits per heavy atom. The van der Waals surface area contributed by atoms with E-state index in [2.05, 4.69) is 52.3 Å². The fourth-order valence-electron chi connectivity index (χ4n) is 2.30. The van der Waals surface area contributed by atoms with E-state index in [9.17, 15) is 0 Å². The summed E-state index contributed by atoms with van der Waals surface area (Å²) >= 11 is 4.44. The second-order valence-corrected chi connectivity index (χ2v) is 5.06. The third-order valence-electron chi connectivity index (χ3n) is 3.24. The van der Waals surface area contributed by atoms with Gasteiger partial charge in [0.05, 0.1) is 5.41 Å². The Balaban J connectivity index is 2.21. The van der Waals surface area contributed by atoms with Crippen LogP contribution in [0.25, 0.3) is 0 Å². The first-order valence-electron chi connectivity index (χ1n) is 6.09. The summed E-state index contributed by atoms with van der Waals surface area (Å²) in [5.74, 6) is 0.851. The molecule has 0 spiro atoms. The number of aromatic amines is 1. The fraction of sp³-hybridized carbons (Fsp3) is 0.583. The van der Waals surface area contributed by atoms with Crippen molar-refractivity contribution in [3.8, 4) is 0 Å². The molecule has 0 amide bonds. The molecule has 0 fully saturated rings. The number of nitrogens with one attached hydrogen (secondary N) is 1. The van der Waals surface area contributed by atoms with E-state index in [1.807, 2.05) is 6.08 Å². The Morgan fingerprint density at radius 3 is 3.00 bits per heavy atom. The van der Waals surface area contributed by atoms with Gasteiger partial charge in [0.15, 0.2) is 5.82 Å². The van der Waals surface area contributed by atoms with Crippen LogP contribution in [0.15, 0.2) is 23.1 Å². The van der Waals surface area contributed by atoms with Crippen LogP contribution in [-0.4, -0.2) is 20.6 Å². The molecule has 0 aromatic carbocycles. The van der Waals surface area contributed by atoms with Crippen molar-refractivity contribution in [2.24, 2.45) is 0 Å². The molecular formula is C12H18N4S. The van der Waals surface area contributed by atoms with E-state index in [1.165, 1.54) is 19.3 Å². The molecule has 1 aromatic heterocycles. The van der Waals surface area contributed by atoms with Gasteiger partial charge in [-0.2, -0.15) is 0 Å². The zero-order chi connectivity index (χ0) is 12.1. The zero-order valence-corrected chi connectivity index (χ0v) is 11.0. The number of nitrogens with zero attached hydrogens (tertiary/aromatic N) is 3. The van der Waals surface area contributed by atoms with Gasteiger partial charge >= 0.3 is 0 Å². The normalized spacial score (nSPS) is 23.8. The van der Waals surface area contributed by atoms with Gasteiger partial charge in [-0.15, -0.1) is 17.7 Å². The summed E-state index contributed by atoms with van der Waals surface area (Å²) in [6, 6.07) is 0. The highest BCUT2D eigenvalue weighted by molar-refractivity contribution is 7.84. The van der Waals surface area contributed by atoms with Crippen molar-refractivity contribution in [1.29, 1.82) is 0 Å². The van der Waals surface area contributed by atoms with Crippen molar-refractivity contribution in [3.63, 3.8) is 0 Å². The molecular weight excluding hydrogens is 232 g/mol. The second kappa shape index (κ2) is 5.49. The van der Waals surface area contributed by atoms with Crippen molar-refractivity contribution in [2.75, 3.05) is 0 Å². The Morgan fingerprint density at radius 1 is 1.47 bits per heavy atom. The molecule has 0 radical (unpaired) electrons. The van der Waals surface area contributed by atoms with Gasteiger partial charge in [0.25, 0.3) is 0 Å². The number of hydrogen-bond acceptors (Lipinski definition) is 4. The fourth-order valence-corrected chi connectivity index (χ4v) is 2.65. The number of H-pyrrole nitrogens is 1. The van der Waals surface area contributed by atoms with E-state index in [0.717, 1.165) is 23.6 Å². The minimum absolute atomic E-state index is 0.0928. The number of tetrazole rings is 1. The molecule has 92 valence electrons. The summed E-state index contributed by atoms with van der Waals surface area (Å²) in [4.78, 5) is 0.990. The highest BCUT2D eigenvalue weighted by Crippen LogP contribution is 2.37. The smallest absolute Gasteiger partial charge is 0.158 e. The lowest BCUT2D eigenvalue weighted by molar-refractivity contribution is 0.437. The van der Waals surface area contributed by atoms with Crippen LogP contribution in [-0.2, 0) is 5.41 Å². The lowest BCUT2D eigenvalue weighted by Gasteiger charge is -2.29. The molecule has 1 aromatic rings. The van der Waals surface area contributed by atoms with E-state index in [4.69, 9.17) is 0 Å². The minimum Gasteiger partial charge on any atom is -0.242 e. The van der Waals surface area contributed by atoms with Crippen LogP contribution in [0.2, 0.25) is 0 Å². The van der Waals surface area contributed by atoms with Gasteiger partial charge in [-0.25, -0.2) is 5.10 Å². The van der Waals surface area contributed by atoms with E-state index in [1.54, 1.807) is 0 Å². The van der Waals surface area contributed by atoms with Crippen molar-refractivity contribution in [1.82, 2.24) is 20.6 Å². The van der Waals surface area contributed by atoms with E-state index >= 15 is 0 Å². The van der Waals surface area contributed by atoms with Crippen LogP contribution in [0.3, 0.4) is 0 Å². The molecule has 2 rings (SSSR count). The molecule has 1 N–H and O–H groups in total. The van der Waals surface area contributed by atoms with Gasteiger partial charge < -0.3 is 0 Å². The third-order valence-corrected chi connectivity index (χ3v) is 3.52.